The smallest absolute Gasteiger partial charge is 0.123 e. The fourth-order valence-corrected chi connectivity index (χ4v) is 2.61. The molecule has 0 saturated carbocycles. The Hall–Kier alpha value is -0.890. The van der Waals surface area contributed by atoms with Crippen molar-refractivity contribution in [2.45, 2.75) is 45.6 Å². The Balaban J connectivity index is 2.26. The molecule has 2 heteroatoms. The van der Waals surface area contributed by atoms with Crippen LogP contribution in [0.25, 0.3) is 0 Å². The lowest BCUT2D eigenvalue weighted by Crippen LogP contribution is -2.22. The van der Waals surface area contributed by atoms with Crippen LogP contribution in [0.4, 0.5) is 4.39 Å². The average Bonchev–Trinajstić information content (AvgIpc) is 2.68. The van der Waals surface area contributed by atoms with Crippen molar-refractivity contribution in [3.8, 4) is 0 Å². The molecule has 0 aliphatic carbocycles. The molecule has 0 spiro atoms. The predicted octanol–water partition coefficient (Wildman–Crippen LogP) is 3.72. The van der Waals surface area contributed by atoms with Gasteiger partial charge in [0.15, 0.2) is 0 Å². The molecule has 0 amide bonds. The molecule has 1 heterocycles. The molecular weight excluding hydrogens is 213 g/mol. The summed E-state index contributed by atoms with van der Waals surface area (Å²) in [4.78, 5) is 2.42. The van der Waals surface area contributed by atoms with Crippen molar-refractivity contribution in [1.29, 1.82) is 0 Å². The van der Waals surface area contributed by atoms with Gasteiger partial charge in [0, 0.05) is 6.54 Å². The van der Waals surface area contributed by atoms with Gasteiger partial charge in [-0.1, -0.05) is 26.8 Å². The third-order valence-electron chi connectivity index (χ3n) is 3.47. The maximum Gasteiger partial charge on any atom is 0.123 e. The second-order valence-electron chi connectivity index (χ2n) is 6.03. The van der Waals surface area contributed by atoms with Gasteiger partial charge in [-0.05, 0) is 54.6 Å². The van der Waals surface area contributed by atoms with E-state index < -0.39 is 0 Å². The molecule has 0 radical (unpaired) electrons. The van der Waals surface area contributed by atoms with Gasteiger partial charge in [-0.25, -0.2) is 4.39 Å². The highest BCUT2D eigenvalue weighted by molar-refractivity contribution is 5.33. The summed E-state index contributed by atoms with van der Waals surface area (Å²) in [6.45, 7) is 9.76. The first kappa shape index (κ1) is 12.6. The van der Waals surface area contributed by atoms with Crippen molar-refractivity contribution < 1.29 is 4.39 Å². The molecule has 0 atom stereocenters. The molecule has 2 rings (SSSR count). The average molecular weight is 235 g/mol. The van der Waals surface area contributed by atoms with E-state index in [1.807, 2.05) is 6.07 Å². The van der Waals surface area contributed by atoms with Crippen molar-refractivity contribution in [2.24, 2.45) is 0 Å². The highest BCUT2D eigenvalue weighted by Crippen LogP contribution is 2.28. The summed E-state index contributed by atoms with van der Waals surface area (Å²) in [7, 11) is 0. The van der Waals surface area contributed by atoms with Crippen LogP contribution in [0.1, 0.15) is 44.7 Å². The minimum atomic E-state index is -0.118. The van der Waals surface area contributed by atoms with Gasteiger partial charge in [0.2, 0.25) is 0 Å². The first-order valence-electron chi connectivity index (χ1n) is 6.48. The van der Waals surface area contributed by atoms with Crippen LogP contribution >= 0.6 is 0 Å². The third kappa shape index (κ3) is 3.06. The molecule has 1 fully saturated rings. The second kappa shape index (κ2) is 4.77. The molecule has 0 N–H and O–H groups in total. The summed E-state index contributed by atoms with van der Waals surface area (Å²) in [6, 6.07) is 5.23. The lowest BCUT2D eigenvalue weighted by Gasteiger charge is -2.25. The van der Waals surface area contributed by atoms with Gasteiger partial charge < -0.3 is 0 Å². The molecule has 1 aromatic rings. The minimum absolute atomic E-state index is 0.0861. The Bertz CT molecular complexity index is 386. The second-order valence-corrected chi connectivity index (χ2v) is 6.03. The van der Waals surface area contributed by atoms with Gasteiger partial charge in [0.25, 0.3) is 0 Å². The zero-order chi connectivity index (χ0) is 12.5. The van der Waals surface area contributed by atoms with E-state index in [1.165, 1.54) is 18.4 Å². The van der Waals surface area contributed by atoms with Crippen molar-refractivity contribution in [3.63, 3.8) is 0 Å². The molecule has 0 bridgehead atoms. The van der Waals surface area contributed by atoms with Gasteiger partial charge in [0.1, 0.15) is 5.82 Å². The van der Waals surface area contributed by atoms with E-state index in [-0.39, 0.29) is 11.2 Å². The quantitative estimate of drug-likeness (QED) is 0.755. The number of halogens is 1. The third-order valence-corrected chi connectivity index (χ3v) is 3.47. The SMILES string of the molecule is CC(C)(C)c1ccc(F)cc1CN1CCCC1. The zero-order valence-electron chi connectivity index (χ0n) is 11.1. The number of hydrogen-bond donors (Lipinski definition) is 0. The van der Waals surface area contributed by atoms with Gasteiger partial charge in [-0.15, -0.1) is 0 Å². The number of rotatable bonds is 2. The summed E-state index contributed by atoms with van der Waals surface area (Å²) in [6.07, 6.45) is 2.56. The van der Waals surface area contributed by atoms with E-state index >= 15 is 0 Å². The largest absolute Gasteiger partial charge is 0.299 e. The van der Waals surface area contributed by atoms with Gasteiger partial charge in [-0.3, -0.25) is 4.90 Å². The number of nitrogens with zero attached hydrogens (tertiary/aromatic N) is 1. The maximum absolute atomic E-state index is 13.4. The molecule has 0 aromatic heterocycles. The Morgan fingerprint density at radius 2 is 1.82 bits per heavy atom. The van der Waals surface area contributed by atoms with E-state index in [9.17, 15) is 4.39 Å². The molecule has 1 aliphatic rings. The molecule has 1 aromatic carbocycles. The fraction of sp³-hybridized carbons (Fsp3) is 0.600. The van der Waals surface area contributed by atoms with Crippen LogP contribution in [0.2, 0.25) is 0 Å². The van der Waals surface area contributed by atoms with E-state index in [1.54, 1.807) is 12.1 Å². The summed E-state index contributed by atoms with van der Waals surface area (Å²) in [5, 5.41) is 0. The molecule has 0 unspecified atom stereocenters. The highest BCUT2D eigenvalue weighted by atomic mass is 19.1. The van der Waals surface area contributed by atoms with Gasteiger partial charge in [-0.2, -0.15) is 0 Å². The molecule has 1 saturated heterocycles. The lowest BCUT2D eigenvalue weighted by atomic mass is 9.83. The first-order chi connectivity index (χ1) is 7.97. The monoisotopic (exact) mass is 235 g/mol. The van der Waals surface area contributed by atoms with E-state index in [2.05, 4.69) is 25.7 Å². The number of benzene rings is 1. The standard InChI is InChI=1S/C15H22FN/c1-15(2,3)14-7-6-13(16)10-12(14)11-17-8-4-5-9-17/h6-7,10H,4-5,8-9,11H2,1-3H3. The summed E-state index contributed by atoms with van der Waals surface area (Å²) < 4.78 is 13.4. The van der Waals surface area contributed by atoms with Crippen LogP contribution in [0.3, 0.4) is 0 Å². The van der Waals surface area contributed by atoms with Crippen LogP contribution in [0.15, 0.2) is 18.2 Å². The first-order valence-corrected chi connectivity index (χ1v) is 6.48. The van der Waals surface area contributed by atoms with Crippen LogP contribution in [0.5, 0.6) is 0 Å². The van der Waals surface area contributed by atoms with E-state index in [0.717, 1.165) is 25.2 Å². The van der Waals surface area contributed by atoms with Crippen LogP contribution in [0, 0.1) is 5.82 Å². The molecule has 1 aliphatic heterocycles. The highest BCUT2D eigenvalue weighted by Gasteiger charge is 2.20. The Morgan fingerprint density at radius 3 is 2.41 bits per heavy atom. The normalized spacial score (nSPS) is 17.6. The summed E-state index contributed by atoms with van der Waals surface area (Å²) in [5.74, 6) is -0.118. The Labute approximate surface area is 104 Å². The molecule has 17 heavy (non-hydrogen) atoms. The zero-order valence-corrected chi connectivity index (χ0v) is 11.1. The molecular formula is C15H22FN. The molecule has 94 valence electrons. The van der Waals surface area contributed by atoms with Crippen molar-refractivity contribution in [2.75, 3.05) is 13.1 Å². The van der Waals surface area contributed by atoms with Crippen molar-refractivity contribution in [3.05, 3.63) is 35.1 Å². The van der Waals surface area contributed by atoms with Crippen molar-refractivity contribution >= 4 is 0 Å². The fourth-order valence-electron chi connectivity index (χ4n) is 2.61. The molecule has 1 nitrogen and oxygen atoms in total. The Kier molecular flexibility index (Phi) is 3.53. The summed E-state index contributed by atoms with van der Waals surface area (Å²) in [5.41, 5.74) is 2.51. The number of hydrogen-bond acceptors (Lipinski definition) is 1. The predicted molar refractivity (Wildman–Crippen MR) is 69.6 cm³/mol. The summed E-state index contributed by atoms with van der Waals surface area (Å²) >= 11 is 0. The number of likely N-dealkylation sites (tertiary alicyclic amines) is 1. The van der Waals surface area contributed by atoms with Crippen LogP contribution < -0.4 is 0 Å². The van der Waals surface area contributed by atoms with Gasteiger partial charge >= 0.3 is 0 Å². The van der Waals surface area contributed by atoms with E-state index in [0.29, 0.717) is 0 Å². The minimum Gasteiger partial charge on any atom is -0.299 e. The Morgan fingerprint density at radius 1 is 1.18 bits per heavy atom. The maximum atomic E-state index is 13.4. The van der Waals surface area contributed by atoms with Gasteiger partial charge in [0.05, 0.1) is 0 Å². The lowest BCUT2D eigenvalue weighted by molar-refractivity contribution is 0.327. The van der Waals surface area contributed by atoms with Crippen LogP contribution in [-0.2, 0) is 12.0 Å². The van der Waals surface area contributed by atoms with E-state index in [4.69, 9.17) is 0 Å². The topological polar surface area (TPSA) is 3.24 Å². The van der Waals surface area contributed by atoms with Crippen LogP contribution in [-0.4, -0.2) is 18.0 Å². The van der Waals surface area contributed by atoms with Crippen molar-refractivity contribution in [1.82, 2.24) is 4.90 Å².